The van der Waals surface area contributed by atoms with Crippen LogP contribution in [0.1, 0.15) is 12.0 Å². The molecule has 1 rings (SSSR count). The van der Waals surface area contributed by atoms with Gasteiger partial charge in [0.25, 0.3) is 0 Å². The standard InChI is InChI=1S/C18H25N5O7/c19-11(9-24)16(27)21-8-15(26)22-12(7-14(20)25)17(28)23-13(18(29)30)6-10-4-2-1-3-5-10/h1-5,11-13,24H,6-9,19H2,(H2,20,25)(H,21,27)(H,22,26)(H,23,28)(H,29,30). The van der Waals surface area contributed by atoms with Gasteiger partial charge in [0.1, 0.15) is 18.1 Å². The van der Waals surface area contributed by atoms with Crippen LogP contribution >= 0.6 is 0 Å². The molecule has 0 fully saturated rings. The van der Waals surface area contributed by atoms with Crippen LogP contribution in [0.2, 0.25) is 0 Å². The molecular weight excluding hydrogens is 398 g/mol. The summed E-state index contributed by atoms with van der Waals surface area (Å²) in [5.41, 5.74) is 11.0. The number of carboxylic acid groups (broad SMARTS) is 1. The van der Waals surface area contributed by atoms with Crippen LogP contribution in [0.3, 0.4) is 0 Å². The lowest BCUT2D eigenvalue weighted by atomic mass is 10.1. The van der Waals surface area contributed by atoms with E-state index in [-0.39, 0.29) is 6.42 Å². The van der Waals surface area contributed by atoms with Gasteiger partial charge in [-0.05, 0) is 5.56 Å². The summed E-state index contributed by atoms with van der Waals surface area (Å²) >= 11 is 0. The van der Waals surface area contributed by atoms with Crippen molar-refractivity contribution in [3.63, 3.8) is 0 Å². The number of carbonyl (C=O) groups excluding carboxylic acids is 4. The largest absolute Gasteiger partial charge is 0.480 e. The Kier molecular flexibility index (Phi) is 9.92. The average molecular weight is 423 g/mol. The normalized spacial score (nSPS) is 13.4. The first-order valence-corrected chi connectivity index (χ1v) is 8.93. The number of rotatable bonds is 12. The Morgan fingerprint density at radius 1 is 0.967 bits per heavy atom. The molecule has 3 atom stereocenters. The van der Waals surface area contributed by atoms with Crippen molar-refractivity contribution in [3.05, 3.63) is 35.9 Å². The molecule has 0 bridgehead atoms. The summed E-state index contributed by atoms with van der Waals surface area (Å²) in [6.07, 6.45) is -0.604. The summed E-state index contributed by atoms with van der Waals surface area (Å²) in [7, 11) is 0. The average Bonchev–Trinajstić information content (AvgIpc) is 2.70. The van der Waals surface area contributed by atoms with E-state index in [1.165, 1.54) is 0 Å². The van der Waals surface area contributed by atoms with Crippen LogP contribution < -0.4 is 27.4 Å². The van der Waals surface area contributed by atoms with Gasteiger partial charge in [0.15, 0.2) is 0 Å². The molecule has 0 aliphatic rings. The number of primary amides is 1. The number of aliphatic hydroxyl groups excluding tert-OH is 1. The lowest BCUT2D eigenvalue weighted by Gasteiger charge is -2.21. The van der Waals surface area contributed by atoms with E-state index in [1.807, 2.05) is 0 Å². The Bertz CT molecular complexity index is 771. The zero-order valence-electron chi connectivity index (χ0n) is 16.0. The number of benzene rings is 1. The highest BCUT2D eigenvalue weighted by Gasteiger charge is 2.28. The first kappa shape index (κ1) is 24.5. The van der Waals surface area contributed by atoms with Crippen molar-refractivity contribution in [1.29, 1.82) is 0 Å². The van der Waals surface area contributed by atoms with Crippen LogP contribution in [-0.4, -0.2) is 71.1 Å². The molecule has 164 valence electrons. The maximum Gasteiger partial charge on any atom is 0.326 e. The molecule has 0 spiro atoms. The fourth-order valence-electron chi connectivity index (χ4n) is 2.36. The van der Waals surface area contributed by atoms with Crippen LogP contribution in [0.25, 0.3) is 0 Å². The quantitative estimate of drug-likeness (QED) is 0.179. The lowest BCUT2D eigenvalue weighted by molar-refractivity contribution is -0.142. The van der Waals surface area contributed by atoms with E-state index in [0.29, 0.717) is 5.56 Å². The van der Waals surface area contributed by atoms with Gasteiger partial charge in [-0.1, -0.05) is 30.3 Å². The molecule has 9 N–H and O–H groups in total. The number of amides is 4. The summed E-state index contributed by atoms with van der Waals surface area (Å²) < 4.78 is 0. The molecule has 0 saturated carbocycles. The minimum Gasteiger partial charge on any atom is -0.480 e. The monoisotopic (exact) mass is 423 g/mol. The fourth-order valence-corrected chi connectivity index (χ4v) is 2.36. The minimum atomic E-state index is -1.45. The second-order valence-electron chi connectivity index (χ2n) is 6.39. The Morgan fingerprint density at radius 2 is 1.60 bits per heavy atom. The van der Waals surface area contributed by atoms with E-state index < -0.39 is 67.3 Å². The zero-order chi connectivity index (χ0) is 22.7. The number of carboxylic acids is 1. The Balaban J connectivity index is 2.76. The van der Waals surface area contributed by atoms with E-state index in [2.05, 4.69) is 16.0 Å². The predicted molar refractivity (Wildman–Crippen MR) is 104 cm³/mol. The molecule has 0 saturated heterocycles. The van der Waals surface area contributed by atoms with Crippen LogP contribution in [0, 0.1) is 0 Å². The van der Waals surface area contributed by atoms with Crippen LogP contribution in [0.5, 0.6) is 0 Å². The first-order chi connectivity index (χ1) is 14.1. The van der Waals surface area contributed by atoms with Crippen LogP contribution in [0.15, 0.2) is 30.3 Å². The molecule has 3 unspecified atom stereocenters. The maximum absolute atomic E-state index is 12.5. The highest BCUT2D eigenvalue weighted by molar-refractivity contribution is 5.95. The molecule has 1 aromatic rings. The van der Waals surface area contributed by atoms with Gasteiger partial charge >= 0.3 is 5.97 Å². The molecule has 4 amide bonds. The number of aliphatic carboxylic acids is 1. The lowest BCUT2D eigenvalue weighted by Crippen LogP contribution is -2.55. The van der Waals surface area contributed by atoms with Crippen molar-refractivity contribution in [1.82, 2.24) is 16.0 Å². The van der Waals surface area contributed by atoms with Gasteiger partial charge in [-0.15, -0.1) is 0 Å². The van der Waals surface area contributed by atoms with Crippen molar-refractivity contribution < 1.29 is 34.2 Å². The van der Waals surface area contributed by atoms with E-state index in [1.54, 1.807) is 30.3 Å². The Morgan fingerprint density at radius 3 is 2.13 bits per heavy atom. The third-order valence-corrected chi connectivity index (χ3v) is 3.91. The van der Waals surface area contributed by atoms with Crippen molar-refractivity contribution in [2.45, 2.75) is 31.0 Å². The summed E-state index contributed by atoms with van der Waals surface area (Å²) in [5.74, 6) is -4.77. The third-order valence-electron chi connectivity index (χ3n) is 3.91. The molecule has 12 heteroatoms. The van der Waals surface area contributed by atoms with E-state index in [9.17, 15) is 29.1 Å². The van der Waals surface area contributed by atoms with Crippen LogP contribution in [0.4, 0.5) is 0 Å². The van der Waals surface area contributed by atoms with Crippen molar-refractivity contribution in [2.24, 2.45) is 11.5 Å². The number of nitrogens with one attached hydrogen (secondary N) is 3. The van der Waals surface area contributed by atoms with Gasteiger partial charge in [-0.2, -0.15) is 0 Å². The maximum atomic E-state index is 12.5. The summed E-state index contributed by atoms with van der Waals surface area (Å²) in [6.45, 7) is -1.21. The number of hydrogen-bond acceptors (Lipinski definition) is 7. The molecular formula is C18H25N5O7. The number of hydrogen-bond donors (Lipinski definition) is 7. The van der Waals surface area contributed by atoms with Gasteiger partial charge in [0.2, 0.25) is 23.6 Å². The smallest absolute Gasteiger partial charge is 0.326 e. The van der Waals surface area contributed by atoms with E-state index in [0.717, 1.165) is 0 Å². The van der Waals surface area contributed by atoms with E-state index >= 15 is 0 Å². The second-order valence-corrected chi connectivity index (χ2v) is 6.39. The van der Waals surface area contributed by atoms with Gasteiger partial charge in [0, 0.05) is 6.42 Å². The van der Waals surface area contributed by atoms with Crippen molar-refractivity contribution >= 4 is 29.6 Å². The number of aliphatic hydroxyl groups is 1. The topological polar surface area (TPSA) is 214 Å². The molecule has 0 aromatic heterocycles. The molecule has 1 aromatic carbocycles. The SMILES string of the molecule is NC(=O)CC(NC(=O)CNC(=O)C(N)CO)C(=O)NC(Cc1ccccc1)C(=O)O. The summed E-state index contributed by atoms with van der Waals surface area (Å²) in [4.78, 5) is 58.7. The summed E-state index contributed by atoms with van der Waals surface area (Å²) in [6, 6.07) is 4.56. The van der Waals surface area contributed by atoms with Crippen molar-refractivity contribution in [2.75, 3.05) is 13.2 Å². The van der Waals surface area contributed by atoms with Gasteiger partial charge in [0.05, 0.1) is 19.6 Å². The number of carbonyl (C=O) groups is 5. The molecule has 0 aliphatic heterocycles. The minimum absolute atomic E-state index is 0.0196. The molecule has 30 heavy (non-hydrogen) atoms. The molecule has 0 aliphatic carbocycles. The number of nitrogens with two attached hydrogens (primary N) is 2. The van der Waals surface area contributed by atoms with Gasteiger partial charge in [-0.3, -0.25) is 19.2 Å². The zero-order valence-corrected chi connectivity index (χ0v) is 16.0. The molecule has 0 heterocycles. The second kappa shape index (κ2) is 12.1. The Labute approximate surface area is 172 Å². The molecule has 12 nitrogen and oxygen atoms in total. The van der Waals surface area contributed by atoms with Crippen molar-refractivity contribution in [3.8, 4) is 0 Å². The van der Waals surface area contributed by atoms with Gasteiger partial charge < -0.3 is 37.6 Å². The van der Waals surface area contributed by atoms with Gasteiger partial charge in [-0.25, -0.2) is 4.79 Å². The highest BCUT2D eigenvalue weighted by atomic mass is 16.4. The van der Waals surface area contributed by atoms with E-state index in [4.69, 9.17) is 16.6 Å². The summed E-state index contributed by atoms with van der Waals surface area (Å²) in [5, 5.41) is 24.8. The predicted octanol–water partition coefficient (Wildman–Crippen LogP) is -3.41. The molecule has 0 radical (unpaired) electrons. The fraction of sp³-hybridized carbons (Fsp3) is 0.389. The highest BCUT2D eigenvalue weighted by Crippen LogP contribution is 2.04. The van der Waals surface area contributed by atoms with Crippen LogP contribution in [-0.2, 0) is 30.4 Å². The Hall–Kier alpha value is -3.51. The third kappa shape index (κ3) is 8.67. The first-order valence-electron chi connectivity index (χ1n) is 8.93.